The number of hydrogen-bond acceptors (Lipinski definition) is 5. The zero-order chi connectivity index (χ0) is 20.0. The fraction of sp³-hybridized carbons (Fsp3) is 0.591. The highest BCUT2D eigenvalue weighted by Gasteiger charge is 2.39. The van der Waals surface area contributed by atoms with E-state index in [9.17, 15) is 14.4 Å². The normalized spacial score (nSPS) is 26.8. The van der Waals surface area contributed by atoms with Crippen LogP contribution in [0.3, 0.4) is 0 Å². The molecule has 3 saturated heterocycles. The number of fused-ring (bicyclic) bond motifs is 1. The fourth-order valence-corrected chi connectivity index (χ4v) is 5.39. The molecule has 0 bridgehead atoms. The Morgan fingerprint density at radius 1 is 1.10 bits per heavy atom. The second-order valence-corrected chi connectivity index (χ2v) is 8.98. The van der Waals surface area contributed by atoms with E-state index in [4.69, 9.17) is 0 Å². The number of carbonyl (C=O) groups is 3. The molecule has 0 radical (unpaired) electrons. The summed E-state index contributed by atoms with van der Waals surface area (Å²) in [7, 11) is 0. The molecule has 1 aromatic carbocycles. The molecule has 1 atom stereocenters. The molecule has 4 heterocycles. The van der Waals surface area contributed by atoms with Crippen LogP contribution < -0.4 is 10.6 Å². The van der Waals surface area contributed by atoms with Gasteiger partial charge in [0.2, 0.25) is 11.8 Å². The van der Waals surface area contributed by atoms with Crippen LogP contribution >= 0.6 is 0 Å². The molecule has 3 amide bonds. The number of hydrogen-bond donors (Lipinski definition) is 2. The number of rotatable bonds is 3. The lowest BCUT2D eigenvalue weighted by atomic mass is 9.86. The average Bonchev–Trinajstić information content (AvgIpc) is 3.29. The number of imide groups is 1. The molecule has 3 fully saturated rings. The third-order valence-electron chi connectivity index (χ3n) is 7.14. The molecule has 7 heteroatoms. The Hall–Kier alpha value is -2.25. The van der Waals surface area contributed by atoms with E-state index in [2.05, 4.69) is 21.6 Å². The summed E-state index contributed by atoms with van der Waals surface area (Å²) in [5.41, 5.74) is 3.19. The van der Waals surface area contributed by atoms with Gasteiger partial charge in [-0.2, -0.15) is 0 Å². The second-order valence-electron chi connectivity index (χ2n) is 8.98. The van der Waals surface area contributed by atoms with E-state index in [0.717, 1.165) is 37.3 Å². The van der Waals surface area contributed by atoms with E-state index in [1.165, 1.54) is 25.7 Å². The first-order chi connectivity index (χ1) is 14.0. The standard InChI is InChI=1S/C22H28N4O3/c27-19-5-4-18(20(28)24-19)26-14-16-3-2-15(12-17(16)21(26)29)13-25-10-7-22(8-11-25)6-1-9-23-22/h2-3,12,18,23H,1,4-11,13-14H2,(H,24,27,28). The van der Waals surface area contributed by atoms with Gasteiger partial charge in [0, 0.05) is 43.7 Å². The first-order valence-corrected chi connectivity index (χ1v) is 10.8. The molecule has 2 N–H and O–H groups in total. The summed E-state index contributed by atoms with van der Waals surface area (Å²) in [5, 5.41) is 6.06. The van der Waals surface area contributed by atoms with Gasteiger partial charge >= 0.3 is 0 Å². The number of benzene rings is 1. The Morgan fingerprint density at radius 3 is 2.66 bits per heavy atom. The molecule has 29 heavy (non-hydrogen) atoms. The van der Waals surface area contributed by atoms with Gasteiger partial charge in [0.25, 0.3) is 5.91 Å². The van der Waals surface area contributed by atoms with Gasteiger partial charge in [-0.05, 0) is 55.8 Å². The van der Waals surface area contributed by atoms with Crippen molar-refractivity contribution in [1.82, 2.24) is 20.4 Å². The van der Waals surface area contributed by atoms with Crippen molar-refractivity contribution in [3.05, 3.63) is 34.9 Å². The van der Waals surface area contributed by atoms with Gasteiger partial charge < -0.3 is 10.2 Å². The van der Waals surface area contributed by atoms with Crippen molar-refractivity contribution in [3.63, 3.8) is 0 Å². The summed E-state index contributed by atoms with van der Waals surface area (Å²) in [4.78, 5) is 40.7. The molecule has 0 aliphatic carbocycles. The SMILES string of the molecule is O=C1CCC(N2Cc3ccc(CN4CCC5(CCCN5)CC4)cc3C2=O)C(=O)N1. The van der Waals surface area contributed by atoms with Crippen molar-refractivity contribution in [2.75, 3.05) is 19.6 Å². The third kappa shape index (κ3) is 3.46. The van der Waals surface area contributed by atoms with Crippen LogP contribution in [0.25, 0.3) is 0 Å². The highest BCUT2D eigenvalue weighted by molar-refractivity contribution is 6.05. The summed E-state index contributed by atoms with van der Waals surface area (Å²) in [6, 6.07) is 5.59. The molecule has 154 valence electrons. The lowest BCUT2D eigenvalue weighted by Gasteiger charge is -2.39. The van der Waals surface area contributed by atoms with Crippen molar-refractivity contribution >= 4 is 17.7 Å². The Morgan fingerprint density at radius 2 is 1.93 bits per heavy atom. The van der Waals surface area contributed by atoms with E-state index in [1.807, 2.05) is 12.1 Å². The lowest BCUT2D eigenvalue weighted by Crippen LogP contribution is -2.52. The molecule has 5 rings (SSSR count). The maximum atomic E-state index is 13.0. The number of carbonyl (C=O) groups excluding carboxylic acids is 3. The van der Waals surface area contributed by atoms with Gasteiger partial charge in [-0.1, -0.05) is 12.1 Å². The van der Waals surface area contributed by atoms with Crippen LogP contribution in [0, 0.1) is 0 Å². The van der Waals surface area contributed by atoms with Gasteiger partial charge in [-0.25, -0.2) is 0 Å². The second kappa shape index (κ2) is 7.22. The van der Waals surface area contributed by atoms with Crippen LogP contribution in [0.1, 0.15) is 60.0 Å². The average molecular weight is 396 g/mol. The number of nitrogens with one attached hydrogen (secondary N) is 2. The maximum absolute atomic E-state index is 13.0. The van der Waals surface area contributed by atoms with Crippen molar-refractivity contribution in [2.45, 2.75) is 63.2 Å². The van der Waals surface area contributed by atoms with Crippen LogP contribution in [0.4, 0.5) is 0 Å². The molecule has 0 aromatic heterocycles. The zero-order valence-electron chi connectivity index (χ0n) is 16.7. The fourth-order valence-electron chi connectivity index (χ4n) is 5.39. The first kappa shape index (κ1) is 18.8. The summed E-state index contributed by atoms with van der Waals surface area (Å²) in [6.45, 7) is 4.62. The monoisotopic (exact) mass is 396 g/mol. The molecule has 4 aliphatic rings. The zero-order valence-corrected chi connectivity index (χ0v) is 16.7. The van der Waals surface area contributed by atoms with E-state index in [1.54, 1.807) is 4.90 Å². The predicted molar refractivity (Wildman–Crippen MR) is 107 cm³/mol. The van der Waals surface area contributed by atoms with Crippen molar-refractivity contribution < 1.29 is 14.4 Å². The number of nitrogens with zero attached hydrogens (tertiary/aromatic N) is 2. The van der Waals surface area contributed by atoms with E-state index < -0.39 is 6.04 Å². The molecule has 4 aliphatic heterocycles. The minimum atomic E-state index is -0.548. The van der Waals surface area contributed by atoms with Gasteiger partial charge in [0.1, 0.15) is 6.04 Å². The molecular weight excluding hydrogens is 368 g/mol. The smallest absolute Gasteiger partial charge is 0.255 e. The van der Waals surface area contributed by atoms with Crippen LogP contribution in [0.15, 0.2) is 18.2 Å². The molecule has 1 spiro atoms. The molecule has 1 unspecified atom stereocenters. The van der Waals surface area contributed by atoms with E-state index in [-0.39, 0.29) is 24.1 Å². The largest absolute Gasteiger partial charge is 0.322 e. The van der Waals surface area contributed by atoms with Crippen molar-refractivity contribution in [1.29, 1.82) is 0 Å². The van der Waals surface area contributed by atoms with Crippen LogP contribution in [-0.2, 0) is 22.7 Å². The minimum Gasteiger partial charge on any atom is -0.322 e. The van der Waals surface area contributed by atoms with E-state index >= 15 is 0 Å². The molecular formula is C22H28N4O3. The number of likely N-dealkylation sites (tertiary alicyclic amines) is 1. The van der Waals surface area contributed by atoms with Crippen molar-refractivity contribution in [3.8, 4) is 0 Å². The Kier molecular flexibility index (Phi) is 4.67. The van der Waals surface area contributed by atoms with Gasteiger partial charge in [-0.3, -0.25) is 24.6 Å². The van der Waals surface area contributed by atoms with Crippen LogP contribution in [0.2, 0.25) is 0 Å². The summed E-state index contributed by atoms with van der Waals surface area (Å²) in [5.74, 6) is -0.705. The number of piperidine rings is 2. The summed E-state index contributed by atoms with van der Waals surface area (Å²) >= 11 is 0. The lowest BCUT2D eigenvalue weighted by molar-refractivity contribution is -0.136. The van der Waals surface area contributed by atoms with E-state index in [0.29, 0.717) is 24.1 Å². The minimum absolute atomic E-state index is 0.0934. The topological polar surface area (TPSA) is 81.8 Å². The Bertz CT molecular complexity index is 852. The highest BCUT2D eigenvalue weighted by atomic mass is 16.2. The Balaban J connectivity index is 1.25. The molecule has 7 nitrogen and oxygen atoms in total. The van der Waals surface area contributed by atoms with Gasteiger partial charge in [0.15, 0.2) is 0 Å². The molecule has 0 saturated carbocycles. The first-order valence-electron chi connectivity index (χ1n) is 10.8. The Labute approximate surface area is 170 Å². The summed E-state index contributed by atoms with van der Waals surface area (Å²) in [6.07, 6.45) is 5.66. The third-order valence-corrected chi connectivity index (χ3v) is 7.14. The highest BCUT2D eigenvalue weighted by Crippen LogP contribution is 2.32. The predicted octanol–water partition coefficient (Wildman–Crippen LogP) is 1.17. The summed E-state index contributed by atoms with van der Waals surface area (Å²) < 4.78 is 0. The quantitative estimate of drug-likeness (QED) is 0.750. The van der Waals surface area contributed by atoms with Crippen LogP contribution in [-0.4, -0.2) is 58.7 Å². The van der Waals surface area contributed by atoms with Crippen LogP contribution in [0.5, 0.6) is 0 Å². The molecule has 1 aromatic rings. The van der Waals surface area contributed by atoms with Gasteiger partial charge in [0.05, 0.1) is 0 Å². The number of amides is 3. The maximum Gasteiger partial charge on any atom is 0.255 e. The van der Waals surface area contributed by atoms with Gasteiger partial charge in [-0.15, -0.1) is 0 Å². The van der Waals surface area contributed by atoms with Crippen molar-refractivity contribution in [2.24, 2.45) is 0 Å².